The summed E-state index contributed by atoms with van der Waals surface area (Å²) in [6.07, 6.45) is -3.90. The number of aliphatic hydroxyl groups excluding tert-OH is 6. The molecule has 15 heteroatoms. The molecule has 0 aromatic heterocycles. The minimum atomic E-state index is -1.47. The average molecular weight is 620 g/mol. The zero-order chi connectivity index (χ0) is 33.7. The van der Waals surface area contributed by atoms with Crippen molar-refractivity contribution in [2.45, 2.75) is 96.7 Å². The van der Waals surface area contributed by atoms with Gasteiger partial charge in [-0.05, 0) is 76.0 Å². The van der Waals surface area contributed by atoms with Crippen molar-refractivity contribution in [2.24, 2.45) is 10.9 Å². The largest absolute Gasteiger partial charge is 0.504 e. The molecule has 3 rings (SSSR count). The molecule has 43 heavy (non-hydrogen) atoms. The van der Waals surface area contributed by atoms with Gasteiger partial charge in [-0.1, -0.05) is 19.9 Å². The third kappa shape index (κ3) is 14.3. The molecule has 6 atom stereocenters. The van der Waals surface area contributed by atoms with E-state index in [1.807, 2.05) is 19.0 Å². The summed E-state index contributed by atoms with van der Waals surface area (Å²) in [4.78, 5) is 32.6. The summed E-state index contributed by atoms with van der Waals surface area (Å²) in [6.45, 7) is 8.10. The summed E-state index contributed by atoms with van der Waals surface area (Å²) in [5.41, 5.74) is 5.27. The first kappa shape index (κ1) is 42.1. The number of ketones is 1. The van der Waals surface area contributed by atoms with Crippen LogP contribution in [0.1, 0.15) is 59.4 Å². The number of aliphatic hydroxyl groups is 6. The van der Waals surface area contributed by atoms with Crippen LogP contribution >= 0.6 is 0 Å². The van der Waals surface area contributed by atoms with Gasteiger partial charge in [-0.2, -0.15) is 0 Å². The van der Waals surface area contributed by atoms with Crippen LogP contribution in [-0.2, 0) is 14.3 Å². The number of carbonyl (C=O) groups is 2. The van der Waals surface area contributed by atoms with Crippen LogP contribution in [0.4, 0.5) is 0 Å². The molecular formula is C28H49N3O12. The Morgan fingerprint density at radius 3 is 2.00 bits per heavy atom. The van der Waals surface area contributed by atoms with Crippen LogP contribution in [0.2, 0.25) is 0 Å². The third-order valence-electron chi connectivity index (χ3n) is 5.77. The number of rotatable bonds is 7. The molecule has 0 bridgehead atoms. The van der Waals surface area contributed by atoms with Crippen LogP contribution < -0.4 is 15.8 Å². The van der Waals surface area contributed by atoms with Gasteiger partial charge in [0.2, 0.25) is 12.2 Å². The lowest BCUT2D eigenvalue weighted by Gasteiger charge is -2.32. The molecule has 6 unspecified atom stereocenters. The van der Waals surface area contributed by atoms with Crippen LogP contribution in [0, 0.1) is 4.91 Å². The number of benzene rings is 1. The molecular weight excluding hydrogens is 570 g/mol. The summed E-state index contributed by atoms with van der Waals surface area (Å²) < 4.78 is 10.6. The Bertz CT molecular complexity index is 968. The summed E-state index contributed by atoms with van der Waals surface area (Å²) in [5.74, 6) is -1.27. The average Bonchev–Trinajstić information content (AvgIpc) is 3.27. The molecule has 1 aliphatic carbocycles. The van der Waals surface area contributed by atoms with Gasteiger partial charge >= 0.3 is 0 Å². The van der Waals surface area contributed by atoms with E-state index in [0.717, 1.165) is 0 Å². The number of nitrogens with two attached hydrogens (primary N) is 1. The molecule has 0 spiro atoms. The van der Waals surface area contributed by atoms with Gasteiger partial charge in [0.15, 0.2) is 24.0 Å². The maximum atomic E-state index is 12.5. The lowest BCUT2D eigenvalue weighted by molar-refractivity contribution is -0.141. The molecule has 2 fully saturated rings. The minimum absolute atomic E-state index is 0.0434. The number of amides is 1. The Morgan fingerprint density at radius 2 is 1.58 bits per heavy atom. The van der Waals surface area contributed by atoms with Crippen molar-refractivity contribution in [3.63, 3.8) is 0 Å². The Hall–Kier alpha value is -3.02. The van der Waals surface area contributed by atoms with Crippen molar-refractivity contribution in [1.29, 1.82) is 0 Å². The van der Waals surface area contributed by atoms with Gasteiger partial charge in [-0.25, -0.2) is 0 Å². The fourth-order valence-corrected chi connectivity index (χ4v) is 3.85. The normalized spacial score (nSPS) is 25.9. The zero-order valence-corrected chi connectivity index (χ0v) is 25.6. The van der Waals surface area contributed by atoms with E-state index < -0.39 is 61.3 Å². The highest BCUT2D eigenvalue weighted by molar-refractivity contribution is 5.97. The molecule has 1 aromatic carbocycles. The molecule has 1 aliphatic heterocycles. The molecule has 1 amide bonds. The highest BCUT2D eigenvalue weighted by atomic mass is 16.7. The Morgan fingerprint density at radius 1 is 1.07 bits per heavy atom. The van der Waals surface area contributed by atoms with Gasteiger partial charge in [-0.15, -0.1) is 4.91 Å². The molecule has 248 valence electrons. The molecule has 2 aliphatic rings. The first-order chi connectivity index (χ1) is 20.4. The first-order valence-electron chi connectivity index (χ1n) is 13.9. The van der Waals surface area contributed by atoms with E-state index in [1.165, 1.54) is 32.2 Å². The number of nitroso groups, excluding NO2 is 1. The monoisotopic (exact) mass is 619 g/mol. The number of phenols is 1. The second-order valence-electron chi connectivity index (χ2n) is 8.84. The highest BCUT2D eigenvalue weighted by Crippen LogP contribution is 2.32. The first-order valence-corrected chi connectivity index (χ1v) is 13.9. The molecule has 10 N–H and O–H groups in total. The SMILES string of the molecule is CC.CC(=O)C1OC(Oc2ccc(/C=C(\C)C(=O)NC3C(O)CCCC3O)cc2O)C(O)C1O.CCO.CN.O=NCO. The standard InChI is InChI=1S/C22H29NO9.C2H6O.C2H6.CH3NO2.CH5N/c1-10(21(30)23-17-13(25)4-3-5-14(17)26)8-12-6-7-16(15(27)9-12)31-22-19(29)18(28)20(32-22)11(2)24;1-2-3;1-2;3-1-2-4;1-2/h6-9,13-14,17-20,22,25-29H,3-5H2,1-2H3,(H,23,30);3H,2H2,1H3;1-2H3;3H,1H2;2H2,1H3/b10-8+;;;;. The lowest BCUT2D eigenvalue weighted by atomic mass is 9.89. The van der Waals surface area contributed by atoms with Crippen LogP contribution in [0.5, 0.6) is 11.5 Å². The van der Waals surface area contributed by atoms with Crippen LogP contribution in [0.25, 0.3) is 6.08 Å². The molecule has 1 heterocycles. The summed E-state index contributed by atoms with van der Waals surface area (Å²) in [5, 5.41) is 69.9. The Balaban J connectivity index is 0. The molecule has 1 saturated carbocycles. The predicted octanol–water partition coefficient (Wildman–Crippen LogP) is -0.0972. The van der Waals surface area contributed by atoms with E-state index in [4.69, 9.17) is 24.6 Å². The van der Waals surface area contributed by atoms with E-state index in [1.54, 1.807) is 19.9 Å². The van der Waals surface area contributed by atoms with Crippen LogP contribution in [0.3, 0.4) is 0 Å². The quantitative estimate of drug-likeness (QED) is 0.143. The summed E-state index contributed by atoms with van der Waals surface area (Å²) in [7, 11) is 1.50. The number of hydrogen-bond acceptors (Lipinski definition) is 14. The predicted molar refractivity (Wildman–Crippen MR) is 159 cm³/mol. The summed E-state index contributed by atoms with van der Waals surface area (Å²) in [6, 6.07) is 3.54. The molecule has 1 aromatic rings. The second kappa shape index (κ2) is 23.4. The second-order valence-corrected chi connectivity index (χ2v) is 8.84. The number of nitrogens with one attached hydrogen (secondary N) is 1. The number of Topliss-reactive ketones (excluding diaryl/α,β-unsaturated/α-hetero) is 1. The number of aromatic hydroxyl groups is 1. The number of ether oxygens (including phenoxy) is 2. The van der Waals surface area contributed by atoms with E-state index >= 15 is 0 Å². The van der Waals surface area contributed by atoms with Crippen molar-refractivity contribution >= 4 is 17.8 Å². The Labute approximate surface area is 251 Å². The number of phenolic OH excluding ortho intramolecular Hbond substituents is 1. The lowest BCUT2D eigenvalue weighted by Crippen LogP contribution is -2.53. The van der Waals surface area contributed by atoms with Crippen molar-refractivity contribution in [3.8, 4) is 11.5 Å². The van der Waals surface area contributed by atoms with E-state index in [2.05, 4.69) is 11.1 Å². The van der Waals surface area contributed by atoms with Gasteiger partial charge in [0.1, 0.15) is 18.3 Å². The zero-order valence-electron chi connectivity index (χ0n) is 25.6. The maximum absolute atomic E-state index is 12.5. The maximum Gasteiger partial charge on any atom is 0.247 e. The Kier molecular flexibility index (Phi) is 23.0. The van der Waals surface area contributed by atoms with E-state index in [-0.39, 0.29) is 18.1 Å². The van der Waals surface area contributed by atoms with Crippen molar-refractivity contribution in [1.82, 2.24) is 5.32 Å². The van der Waals surface area contributed by atoms with Crippen molar-refractivity contribution < 1.29 is 54.8 Å². The van der Waals surface area contributed by atoms with E-state index in [9.17, 15) is 35.1 Å². The molecule has 1 saturated heterocycles. The molecule has 0 radical (unpaired) electrons. The van der Waals surface area contributed by atoms with Crippen molar-refractivity contribution in [2.75, 3.05) is 20.4 Å². The van der Waals surface area contributed by atoms with Gasteiger partial charge in [0.25, 0.3) is 0 Å². The van der Waals surface area contributed by atoms with Crippen LogP contribution in [0.15, 0.2) is 28.9 Å². The van der Waals surface area contributed by atoms with E-state index in [0.29, 0.717) is 30.4 Å². The fourth-order valence-electron chi connectivity index (χ4n) is 3.85. The number of hydrogen-bond donors (Lipinski definition) is 9. The van der Waals surface area contributed by atoms with Gasteiger partial charge in [0.05, 0.1) is 18.2 Å². The van der Waals surface area contributed by atoms with Crippen LogP contribution in [-0.4, -0.2) is 111 Å². The number of carbonyl (C=O) groups excluding carboxylic acids is 2. The smallest absolute Gasteiger partial charge is 0.247 e. The third-order valence-corrected chi connectivity index (χ3v) is 5.77. The fraction of sp³-hybridized carbons (Fsp3) is 0.643. The minimum Gasteiger partial charge on any atom is -0.504 e. The highest BCUT2D eigenvalue weighted by Gasteiger charge is 2.46. The molecule has 15 nitrogen and oxygen atoms in total. The van der Waals surface area contributed by atoms with Gasteiger partial charge < -0.3 is 56.3 Å². The van der Waals surface area contributed by atoms with Gasteiger partial charge in [-0.3, -0.25) is 9.59 Å². The topological polar surface area (TPSA) is 262 Å². The van der Waals surface area contributed by atoms with Gasteiger partial charge in [0, 0.05) is 12.2 Å². The number of nitrogens with zero attached hydrogens (tertiary/aromatic N) is 1. The van der Waals surface area contributed by atoms with Crippen molar-refractivity contribution in [3.05, 3.63) is 34.2 Å². The summed E-state index contributed by atoms with van der Waals surface area (Å²) >= 11 is 0.